The summed E-state index contributed by atoms with van der Waals surface area (Å²) in [7, 11) is 2.14. The third-order valence-corrected chi connectivity index (χ3v) is 5.19. The molecule has 0 aliphatic carbocycles. The zero-order chi connectivity index (χ0) is 21.1. The zero-order valence-corrected chi connectivity index (χ0v) is 17.2. The highest BCUT2D eigenvalue weighted by Crippen LogP contribution is 2.29. The van der Waals surface area contributed by atoms with Gasteiger partial charge in [-0.3, -0.25) is 4.79 Å². The monoisotopic (exact) mass is 403 g/mol. The molecule has 2 aromatic heterocycles. The molecule has 1 aliphatic rings. The van der Waals surface area contributed by atoms with Gasteiger partial charge in [0.15, 0.2) is 0 Å². The number of aromatic nitrogens is 3. The molecule has 1 amide bonds. The molecular formula is C22H25N7O. The van der Waals surface area contributed by atoms with Crippen LogP contribution in [0, 0.1) is 6.92 Å². The fourth-order valence-corrected chi connectivity index (χ4v) is 3.39. The van der Waals surface area contributed by atoms with E-state index < -0.39 is 0 Å². The van der Waals surface area contributed by atoms with Gasteiger partial charge < -0.3 is 20.9 Å². The molecule has 8 heteroatoms. The zero-order valence-electron chi connectivity index (χ0n) is 17.2. The fraction of sp³-hybridized carbons (Fsp3) is 0.273. The summed E-state index contributed by atoms with van der Waals surface area (Å²) < 4.78 is 0. The Kier molecular flexibility index (Phi) is 5.58. The van der Waals surface area contributed by atoms with E-state index in [0.29, 0.717) is 17.2 Å². The Morgan fingerprint density at radius 3 is 2.37 bits per heavy atom. The Morgan fingerprint density at radius 1 is 0.967 bits per heavy atom. The van der Waals surface area contributed by atoms with E-state index in [0.717, 1.165) is 48.7 Å². The predicted octanol–water partition coefficient (Wildman–Crippen LogP) is 2.43. The molecule has 0 spiro atoms. The highest BCUT2D eigenvalue weighted by atomic mass is 16.1. The maximum absolute atomic E-state index is 12.3. The molecule has 1 aromatic carbocycles. The van der Waals surface area contributed by atoms with Gasteiger partial charge in [-0.1, -0.05) is 0 Å². The van der Waals surface area contributed by atoms with Crippen molar-refractivity contribution in [1.82, 2.24) is 19.9 Å². The number of piperazine rings is 1. The normalized spacial score (nSPS) is 14.5. The lowest BCUT2D eigenvalue weighted by Gasteiger charge is -2.34. The number of carbonyl (C=O) groups is 1. The predicted molar refractivity (Wildman–Crippen MR) is 119 cm³/mol. The fourth-order valence-electron chi connectivity index (χ4n) is 3.39. The van der Waals surface area contributed by atoms with Crippen molar-refractivity contribution in [3.05, 3.63) is 60.3 Å². The lowest BCUT2D eigenvalue weighted by molar-refractivity contribution is 0.102. The van der Waals surface area contributed by atoms with Crippen molar-refractivity contribution in [2.24, 2.45) is 0 Å². The largest absolute Gasteiger partial charge is 0.399 e. The van der Waals surface area contributed by atoms with Crippen molar-refractivity contribution in [1.29, 1.82) is 0 Å². The molecule has 3 heterocycles. The number of carbonyl (C=O) groups excluding carboxylic acids is 1. The molecule has 30 heavy (non-hydrogen) atoms. The van der Waals surface area contributed by atoms with E-state index in [9.17, 15) is 4.79 Å². The van der Waals surface area contributed by atoms with Crippen LogP contribution in [0.5, 0.6) is 0 Å². The third kappa shape index (κ3) is 4.55. The Labute approximate surface area is 175 Å². The van der Waals surface area contributed by atoms with Gasteiger partial charge in [0.2, 0.25) is 0 Å². The van der Waals surface area contributed by atoms with Crippen LogP contribution in [0.25, 0.3) is 11.1 Å². The Balaban J connectivity index is 1.49. The molecule has 0 radical (unpaired) electrons. The summed E-state index contributed by atoms with van der Waals surface area (Å²) in [6.45, 7) is 5.79. The number of hydrogen-bond acceptors (Lipinski definition) is 7. The molecule has 1 aliphatic heterocycles. The highest BCUT2D eigenvalue weighted by Gasteiger charge is 2.16. The molecule has 3 N–H and O–H groups in total. The molecule has 1 saturated heterocycles. The van der Waals surface area contributed by atoms with E-state index in [2.05, 4.69) is 43.2 Å². The Morgan fingerprint density at radius 2 is 1.70 bits per heavy atom. The van der Waals surface area contributed by atoms with Crippen LogP contribution in [-0.2, 0) is 0 Å². The van der Waals surface area contributed by atoms with Gasteiger partial charge in [-0.05, 0) is 49.9 Å². The average Bonchev–Trinajstić information content (AvgIpc) is 2.75. The second-order valence-electron chi connectivity index (χ2n) is 7.51. The van der Waals surface area contributed by atoms with Crippen molar-refractivity contribution in [3.63, 3.8) is 0 Å². The van der Waals surface area contributed by atoms with Gasteiger partial charge in [-0.15, -0.1) is 0 Å². The van der Waals surface area contributed by atoms with E-state index in [1.807, 2.05) is 18.2 Å². The van der Waals surface area contributed by atoms with Gasteiger partial charge in [0.1, 0.15) is 11.6 Å². The summed E-state index contributed by atoms with van der Waals surface area (Å²) in [6, 6.07) is 9.80. The first-order valence-corrected chi connectivity index (χ1v) is 9.88. The standard InChI is InChI=1S/C22H25N7O/c1-15-24-13-18(14-25-15)22(30)27-21-4-3-16(12-26-21)17-9-19(23)11-20(10-17)29-7-5-28(2)6-8-29/h3-4,9-14H,5-8,23H2,1-2H3,(H,26,27,30). The van der Waals surface area contributed by atoms with Gasteiger partial charge in [0.25, 0.3) is 5.91 Å². The number of nitrogens with zero attached hydrogens (tertiary/aromatic N) is 5. The first-order chi connectivity index (χ1) is 14.5. The molecule has 154 valence electrons. The lowest BCUT2D eigenvalue weighted by atomic mass is 10.1. The summed E-state index contributed by atoms with van der Waals surface area (Å²) in [4.78, 5) is 29.5. The van der Waals surface area contributed by atoms with Gasteiger partial charge in [0.05, 0.1) is 5.56 Å². The molecule has 4 rings (SSSR count). The van der Waals surface area contributed by atoms with Crippen molar-refractivity contribution >= 4 is 23.1 Å². The van der Waals surface area contributed by atoms with Gasteiger partial charge in [-0.25, -0.2) is 15.0 Å². The smallest absolute Gasteiger partial charge is 0.259 e. The summed E-state index contributed by atoms with van der Waals surface area (Å²) in [5, 5.41) is 2.77. The number of nitrogens with one attached hydrogen (secondary N) is 1. The molecule has 1 fully saturated rings. The van der Waals surface area contributed by atoms with Crippen LogP contribution < -0.4 is 16.0 Å². The Bertz CT molecular complexity index is 1030. The first kappa shape index (κ1) is 19.8. The number of rotatable bonds is 4. The van der Waals surface area contributed by atoms with Crippen LogP contribution in [0.4, 0.5) is 17.2 Å². The van der Waals surface area contributed by atoms with Crippen molar-refractivity contribution < 1.29 is 4.79 Å². The number of amides is 1. The van der Waals surface area contributed by atoms with Crippen LogP contribution in [-0.4, -0.2) is 59.0 Å². The molecule has 0 unspecified atom stereocenters. The summed E-state index contributed by atoms with van der Waals surface area (Å²) in [5.74, 6) is 0.788. The topological polar surface area (TPSA) is 100 Å². The number of pyridine rings is 1. The first-order valence-electron chi connectivity index (χ1n) is 9.88. The van der Waals surface area contributed by atoms with E-state index in [1.54, 1.807) is 19.2 Å². The number of benzene rings is 1. The minimum atomic E-state index is -0.295. The number of anilines is 3. The summed E-state index contributed by atoms with van der Waals surface area (Å²) >= 11 is 0. The third-order valence-electron chi connectivity index (χ3n) is 5.19. The van der Waals surface area contributed by atoms with Crippen LogP contribution in [0.2, 0.25) is 0 Å². The number of aryl methyl sites for hydroxylation is 1. The average molecular weight is 403 g/mol. The molecule has 0 bridgehead atoms. The number of likely N-dealkylation sites (N-methyl/N-ethyl adjacent to an activating group) is 1. The lowest BCUT2D eigenvalue weighted by Crippen LogP contribution is -2.44. The van der Waals surface area contributed by atoms with Crippen LogP contribution in [0.15, 0.2) is 48.9 Å². The SMILES string of the molecule is Cc1ncc(C(=O)Nc2ccc(-c3cc(N)cc(N4CCN(C)CC4)c3)cn2)cn1. The van der Waals surface area contributed by atoms with E-state index in [1.165, 1.54) is 12.4 Å². The van der Waals surface area contributed by atoms with E-state index >= 15 is 0 Å². The summed E-state index contributed by atoms with van der Waals surface area (Å²) in [5.41, 5.74) is 10.3. The van der Waals surface area contributed by atoms with E-state index in [-0.39, 0.29) is 5.91 Å². The van der Waals surface area contributed by atoms with Gasteiger partial charge in [-0.2, -0.15) is 0 Å². The molecule has 0 atom stereocenters. The second-order valence-corrected chi connectivity index (χ2v) is 7.51. The molecule has 3 aromatic rings. The van der Waals surface area contributed by atoms with Crippen molar-refractivity contribution in [2.75, 3.05) is 49.2 Å². The Hall–Kier alpha value is -3.52. The minimum absolute atomic E-state index is 0.295. The van der Waals surface area contributed by atoms with E-state index in [4.69, 9.17) is 5.73 Å². The number of nitrogens with two attached hydrogens (primary N) is 1. The van der Waals surface area contributed by atoms with Crippen LogP contribution in [0.1, 0.15) is 16.2 Å². The maximum atomic E-state index is 12.3. The van der Waals surface area contributed by atoms with Crippen molar-refractivity contribution in [2.45, 2.75) is 6.92 Å². The molecule has 0 saturated carbocycles. The van der Waals surface area contributed by atoms with Crippen LogP contribution in [0.3, 0.4) is 0 Å². The van der Waals surface area contributed by atoms with Gasteiger partial charge in [0, 0.05) is 61.7 Å². The quantitative estimate of drug-likeness (QED) is 0.645. The highest BCUT2D eigenvalue weighted by molar-refractivity contribution is 6.03. The minimum Gasteiger partial charge on any atom is -0.399 e. The van der Waals surface area contributed by atoms with Gasteiger partial charge >= 0.3 is 0 Å². The molecular weight excluding hydrogens is 378 g/mol. The summed E-state index contributed by atoms with van der Waals surface area (Å²) in [6.07, 6.45) is 4.74. The number of nitrogen functional groups attached to an aromatic ring is 1. The molecule has 8 nitrogen and oxygen atoms in total. The maximum Gasteiger partial charge on any atom is 0.259 e. The van der Waals surface area contributed by atoms with Crippen molar-refractivity contribution in [3.8, 4) is 11.1 Å². The number of hydrogen-bond donors (Lipinski definition) is 2. The van der Waals surface area contributed by atoms with Crippen LogP contribution >= 0.6 is 0 Å². The second kappa shape index (κ2) is 8.46.